The highest BCUT2D eigenvalue weighted by atomic mass is 16.2. The molecule has 0 spiro atoms. The molecule has 3 heteroatoms. The molecule has 0 rings (SSSR count). The van der Waals surface area contributed by atoms with Gasteiger partial charge in [0.05, 0.1) is 6.07 Å². The lowest BCUT2D eigenvalue weighted by Crippen LogP contribution is -2.39. The summed E-state index contributed by atoms with van der Waals surface area (Å²) in [6.45, 7) is 9.53. The Kier molecular flexibility index (Phi) is 4.83. The third-order valence-corrected chi connectivity index (χ3v) is 1.80. The van der Waals surface area contributed by atoms with Gasteiger partial charge in [0.1, 0.15) is 5.92 Å². The first-order valence-corrected chi connectivity index (χ1v) is 4.35. The molecule has 1 unspecified atom stereocenters. The molecule has 0 saturated carbocycles. The standard InChI is InChI=1S/C10H16N2O/c1-5-6-12(8(2)3)10(13)9(4)7-11/h5,8-9H,1,6H2,2-4H3. The second-order valence-electron chi connectivity index (χ2n) is 3.22. The zero-order chi connectivity index (χ0) is 10.4. The van der Waals surface area contributed by atoms with Gasteiger partial charge in [0.25, 0.3) is 0 Å². The summed E-state index contributed by atoms with van der Waals surface area (Å²) in [5.41, 5.74) is 0. The second kappa shape index (κ2) is 5.36. The van der Waals surface area contributed by atoms with Crippen molar-refractivity contribution in [1.82, 2.24) is 4.90 Å². The van der Waals surface area contributed by atoms with Crippen LogP contribution < -0.4 is 0 Å². The highest BCUT2D eigenvalue weighted by molar-refractivity contribution is 5.81. The zero-order valence-corrected chi connectivity index (χ0v) is 8.45. The van der Waals surface area contributed by atoms with Crippen LogP contribution in [0.5, 0.6) is 0 Å². The Bertz CT molecular complexity index is 228. The van der Waals surface area contributed by atoms with Crippen LogP contribution in [-0.4, -0.2) is 23.4 Å². The van der Waals surface area contributed by atoms with Crippen LogP contribution >= 0.6 is 0 Å². The van der Waals surface area contributed by atoms with Gasteiger partial charge in [0.2, 0.25) is 5.91 Å². The molecule has 13 heavy (non-hydrogen) atoms. The monoisotopic (exact) mass is 180 g/mol. The van der Waals surface area contributed by atoms with Crippen LogP contribution in [0.3, 0.4) is 0 Å². The number of hydrogen-bond acceptors (Lipinski definition) is 2. The molecule has 0 N–H and O–H groups in total. The Labute approximate surface area is 79.6 Å². The number of hydrogen-bond donors (Lipinski definition) is 0. The van der Waals surface area contributed by atoms with Crippen LogP contribution in [0.1, 0.15) is 20.8 Å². The van der Waals surface area contributed by atoms with Crippen LogP contribution in [0.2, 0.25) is 0 Å². The highest BCUT2D eigenvalue weighted by Crippen LogP contribution is 2.05. The van der Waals surface area contributed by atoms with Crippen molar-refractivity contribution in [3.05, 3.63) is 12.7 Å². The van der Waals surface area contributed by atoms with Gasteiger partial charge in [-0.25, -0.2) is 0 Å². The predicted molar refractivity (Wildman–Crippen MR) is 51.8 cm³/mol. The molecule has 0 aliphatic carbocycles. The van der Waals surface area contributed by atoms with Gasteiger partial charge in [-0.3, -0.25) is 4.79 Å². The third kappa shape index (κ3) is 3.29. The summed E-state index contributed by atoms with van der Waals surface area (Å²) in [5, 5.41) is 8.58. The maximum atomic E-state index is 11.6. The maximum Gasteiger partial charge on any atom is 0.240 e. The van der Waals surface area contributed by atoms with E-state index < -0.39 is 5.92 Å². The second-order valence-corrected chi connectivity index (χ2v) is 3.22. The minimum atomic E-state index is -0.567. The summed E-state index contributed by atoms with van der Waals surface area (Å²) in [4.78, 5) is 13.2. The number of nitriles is 1. The van der Waals surface area contributed by atoms with Gasteiger partial charge in [0.15, 0.2) is 0 Å². The predicted octanol–water partition coefficient (Wildman–Crippen LogP) is 1.57. The molecule has 0 saturated heterocycles. The largest absolute Gasteiger partial charge is 0.335 e. The van der Waals surface area contributed by atoms with Crippen LogP contribution in [0, 0.1) is 17.2 Å². The van der Waals surface area contributed by atoms with E-state index in [1.54, 1.807) is 17.9 Å². The first-order valence-electron chi connectivity index (χ1n) is 4.35. The lowest BCUT2D eigenvalue weighted by Gasteiger charge is -2.26. The Morgan fingerprint density at radius 3 is 2.46 bits per heavy atom. The third-order valence-electron chi connectivity index (χ3n) is 1.80. The van der Waals surface area contributed by atoms with Gasteiger partial charge in [-0.15, -0.1) is 6.58 Å². The lowest BCUT2D eigenvalue weighted by molar-refractivity contribution is -0.134. The van der Waals surface area contributed by atoms with Crippen molar-refractivity contribution in [3.63, 3.8) is 0 Å². The van der Waals surface area contributed by atoms with Crippen molar-refractivity contribution >= 4 is 5.91 Å². The number of carbonyl (C=O) groups is 1. The van der Waals surface area contributed by atoms with E-state index in [4.69, 9.17) is 5.26 Å². The molecule has 0 aromatic heterocycles. The van der Waals surface area contributed by atoms with E-state index in [2.05, 4.69) is 6.58 Å². The van der Waals surface area contributed by atoms with Crippen LogP contribution in [0.25, 0.3) is 0 Å². The highest BCUT2D eigenvalue weighted by Gasteiger charge is 2.20. The minimum Gasteiger partial charge on any atom is -0.335 e. The molecule has 3 nitrogen and oxygen atoms in total. The molecule has 72 valence electrons. The van der Waals surface area contributed by atoms with Crippen molar-refractivity contribution < 1.29 is 4.79 Å². The Morgan fingerprint density at radius 1 is 1.62 bits per heavy atom. The van der Waals surface area contributed by atoms with Crippen molar-refractivity contribution in [2.75, 3.05) is 6.54 Å². The lowest BCUT2D eigenvalue weighted by atomic mass is 10.1. The topological polar surface area (TPSA) is 44.1 Å². The molecule has 0 fully saturated rings. The van der Waals surface area contributed by atoms with Gasteiger partial charge in [0, 0.05) is 12.6 Å². The molecule has 0 aromatic carbocycles. The van der Waals surface area contributed by atoms with Gasteiger partial charge in [-0.1, -0.05) is 6.08 Å². The van der Waals surface area contributed by atoms with Gasteiger partial charge in [-0.05, 0) is 20.8 Å². The van der Waals surface area contributed by atoms with E-state index in [1.165, 1.54) is 0 Å². The SMILES string of the molecule is C=CCN(C(=O)C(C)C#N)C(C)C. The summed E-state index contributed by atoms with van der Waals surface area (Å²) in [6, 6.07) is 2.05. The fourth-order valence-corrected chi connectivity index (χ4v) is 0.998. The quantitative estimate of drug-likeness (QED) is 0.616. The van der Waals surface area contributed by atoms with Gasteiger partial charge < -0.3 is 4.90 Å². The normalized spacial score (nSPS) is 11.9. The first kappa shape index (κ1) is 11.7. The summed E-state index contributed by atoms with van der Waals surface area (Å²) < 4.78 is 0. The summed E-state index contributed by atoms with van der Waals surface area (Å²) in [5.74, 6) is -0.695. The van der Waals surface area contributed by atoms with E-state index in [9.17, 15) is 4.79 Å². The van der Waals surface area contributed by atoms with Crippen LogP contribution in [-0.2, 0) is 4.79 Å². The average molecular weight is 180 g/mol. The van der Waals surface area contributed by atoms with Crippen molar-refractivity contribution in [1.29, 1.82) is 5.26 Å². The number of amides is 1. The van der Waals surface area contributed by atoms with Crippen molar-refractivity contribution in [2.24, 2.45) is 5.92 Å². The Hall–Kier alpha value is -1.30. The van der Waals surface area contributed by atoms with E-state index in [-0.39, 0.29) is 11.9 Å². The Morgan fingerprint density at radius 2 is 2.15 bits per heavy atom. The first-order chi connectivity index (χ1) is 6.04. The fourth-order valence-electron chi connectivity index (χ4n) is 0.998. The van der Waals surface area contributed by atoms with E-state index in [1.807, 2.05) is 19.9 Å². The molecule has 0 heterocycles. The van der Waals surface area contributed by atoms with E-state index >= 15 is 0 Å². The molecular formula is C10H16N2O. The molecule has 0 bridgehead atoms. The van der Waals surface area contributed by atoms with Gasteiger partial charge >= 0.3 is 0 Å². The van der Waals surface area contributed by atoms with Gasteiger partial charge in [-0.2, -0.15) is 5.26 Å². The Balaban J connectivity index is 4.47. The summed E-state index contributed by atoms with van der Waals surface area (Å²) in [6.07, 6.45) is 1.67. The molecular weight excluding hydrogens is 164 g/mol. The fraction of sp³-hybridized carbons (Fsp3) is 0.600. The summed E-state index contributed by atoms with van der Waals surface area (Å²) >= 11 is 0. The van der Waals surface area contributed by atoms with E-state index in [0.29, 0.717) is 6.54 Å². The molecule has 0 aliphatic rings. The summed E-state index contributed by atoms with van der Waals surface area (Å²) in [7, 11) is 0. The molecule has 1 amide bonds. The van der Waals surface area contributed by atoms with Crippen LogP contribution in [0.4, 0.5) is 0 Å². The number of rotatable bonds is 4. The van der Waals surface area contributed by atoms with E-state index in [0.717, 1.165) is 0 Å². The molecule has 1 atom stereocenters. The number of carbonyl (C=O) groups excluding carboxylic acids is 1. The van der Waals surface area contributed by atoms with Crippen molar-refractivity contribution in [3.8, 4) is 6.07 Å². The van der Waals surface area contributed by atoms with Crippen LogP contribution in [0.15, 0.2) is 12.7 Å². The smallest absolute Gasteiger partial charge is 0.240 e. The molecule has 0 aliphatic heterocycles. The minimum absolute atomic E-state index is 0.112. The molecule has 0 radical (unpaired) electrons. The molecule has 0 aromatic rings. The van der Waals surface area contributed by atoms with Crippen molar-refractivity contribution in [2.45, 2.75) is 26.8 Å². The zero-order valence-electron chi connectivity index (χ0n) is 8.45. The average Bonchev–Trinajstić information content (AvgIpc) is 2.11. The number of nitrogens with zero attached hydrogens (tertiary/aromatic N) is 2. The maximum absolute atomic E-state index is 11.6.